The Hall–Kier alpha value is -1.83. The van der Waals surface area contributed by atoms with Crippen molar-refractivity contribution < 1.29 is 19.8 Å². The first-order valence-corrected chi connectivity index (χ1v) is 10.7. The minimum absolute atomic E-state index is 0.0587. The van der Waals surface area contributed by atoms with Crippen LogP contribution in [0.1, 0.15) is 25.8 Å². The maximum Gasteiger partial charge on any atom is 0.353 e. The van der Waals surface area contributed by atoms with Crippen LogP contribution in [-0.2, 0) is 16.1 Å². The highest BCUT2D eigenvalue weighted by atomic mass is 32.2. The van der Waals surface area contributed by atoms with Gasteiger partial charge >= 0.3 is 5.97 Å². The highest BCUT2D eigenvalue weighted by molar-refractivity contribution is 8.03. The summed E-state index contributed by atoms with van der Waals surface area (Å²) in [6.07, 6.45) is 0.238. The lowest BCUT2D eigenvalue weighted by Gasteiger charge is -2.46. The van der Waals surface area contributed by atoms with E-state index in [1.54, 1.807) is 18.7 Å². The molecule has 0 spiro atoms. The Kier molecular flexibility index (Phi) is 5.24. The molecule has 0 saturated carbocycles. The number of carboxylic acids is 1. The molecule has 0 radical (unpaired) electrons. The third-order valence-electron chi connectivity index (χ3n) is 6.08. The molecule has 2 saturated heterocycles. The van der Waals surface area contributed by atoms with Crippen molar-refractivity contribution in [1.29, 1.82) is 0 Å². The van der Waals surface area contributed by atoms with Crippen molar-refractivity contribution in [2.75, 3.05) is 13.1 Å². The molecule has 1 aromatic carbocycles. The third-order valence-corrected chi connectivity index (χ3v) is 7.62. The number of thioether (sulfide) groups is 1. The van der Waals surface area contributed by atoms with Crippen molar-refractivity contribution in [3.63, 3.8) is 0 Å². The Balaban J connectivity index is 1.47. The van der Waals surface area contributed by atoms with Gasteiger partial charge in [-0.1, -0.05) is 37.3 Å². The summed E-state index contributed by atoms with van der Waals surface area (Å²) in [5.74, 6) is -1.87. The molecule has 150 valence electrons. The monoisotopic (exact) mass is 402 g/mol. The normalized spacial score (nSPS) is 31.1. The Morgan fingerprint density at radius 3 is 2.68 bits per heavy atom. The lowest BCUT2D eigenvalue weighted by Crippen LogP contribution is -2.63. The van der Waals surface area contributed by atoms with Gasteiger partial charge in [0.15, 0.2) is 0 Å². The van der Waals surface area contributed by atoms with Gasteiger partial charge in [-0.2, -0.15) is 0 Å². The van der Waals surface area contributed by atoms with Crippen LogP contribution in [0.5, 0.6) is 0 Å². The van der Waals surface area contributed by atoms with Crippen LogP contribution >= 0.6 is 11.8 Å². The lowest BCUT2D eigenvalue weighted by molar-refractivity contribution is -0.163. The number of β-lactam (4-membered cyclic amide) rings is 1. The van der Waals surface area contributed by atoms with Crippen molar-refractivity contribution in [2.24, 2.45) is 11.8 Å². The van der Waals surface area contributed by atoms with Crippen LogP contribution in [0.15, 0.2) is 40.9 Å². The van der Waals surface area contributed by atoms with E-state index < -0.39 is 18.0 Å². The first-order chi connectivity index (χ1) is 13.4. The van der Waals surface area contributed by atoms with Gasteiger partial charge in [0.05, 0.1) is 18.1 Å². The molecule has 0 aliphatic carbocycles. The molecule has 3 aliphatic rings. The first kappa shape index (κ1) is 19.5. The maximum absolute atomic E-state index is 12.4. The second-order valence-corrected chi connectivity index (χ2v) is 9.36. The van der Waals surface area contributed by atoms with Gasteiger partial charge in [0.25, 0.3) is 0 Å². The zero-order valence-electron chi connectivity index (χ0n) is 16.1. The molecule has 1 amide bonds. The fourth-order valence-electron chi connectivity index (χ4n) is 4.74. The van der Waals surface area contributed by atoms with E-state index in [0.717, 1.165) is 31.0 Å². The van der Waals surface area contributed by atoms with Crippen LogP contribution in [0, 0.1) is 11.8 Å². The van der Waals surface area contributed by atoms with Crippen LogP contribution in [0.2, 0.25) is 0 Å². The largest absolute Gasteiger partial charge is 0.477 e. The van der Waals surface area contributed by atoms with Gasteiger partial charge in [-0.15, -0.1) is 11.8 Å². The third kappa shape index (κ3) is 3.25. The SMILES string of the molecule is C[C@@H](O)[C@H]1C(=O)N2C(C(=O)O)=C(S[C@@H]3CCN(Cc4ccccc4)C3)[C@H](C)[C@H]12. The number of hydrogen-bond acceptors (Lipinski definition) is 5. The van der Waals surface area contributed by atoms with Crippen molar-refractivity contribution >= 4 is 23.6 Å². The molecule has 2 fully saturated rings. The van der Waals surface area contributed by atoms with E-state index >= 15 is 0 Å². The molecule has 0 bridgehead atoms. The van der Waals surface area contributed by atoms with Gasteiger partial charge in [0.2, 0.25) is 5.91 Å². The van der Waals surface area contributed by atoms with E-state index in [4.69, 9.17) is 0 Å². The Labute approximate surface area is 169 Å². The fourth-order valence-corrected chi connectivity index (χ4v) is 6.26. The molecule has 5 atom stereocenters. The predicted octanol–water partition coefficient (Wildman–Crippen LogP) is 2.15. The molecule has 6 nitrogen and oxygen atoms in total. The minimum Gasteiger partial charge on any atom is -0.477 e. The summed E-state index contributed by atoms with van der Waals surface area (Å²) in [6.45, 7) is 6.38. The Morgan fingerprint density at radius 1 is 1.32 bits per heavy atom. The van der Waals surface area contributed by atoms with Crippen LogP contribution < -0.4 is 0 Å². The molecule has 1 aromatic rings. The number of carbonyl (C=O) groups is 2. The average Bonchev–Trinajstić information content (AvgIpc) is 3.17. The van der Waals surface area contributed by atoms with Gasteiger partial charge in [0.1, 0.15) is 5.70 Å². The standard InChI is InChI=1S/C21H26N2O4S/c1-12-17-16(13(2)24)20(25)23(17)18(21(26)27)19(12)28-15-8-9-22(11-15)10-14-6-4-3-5-7-14/h3-7,12-13,15-17,24H,8-11H2,1-2H3,(H,26,27)/t12-,13-,15-,16-,17-/m1/s1. The quantitative estimate of drug-likeness (QED) is 0.710. The molecule has 28 heavy (non-hydrogen) atoms. The Morgan fingerprint density at radius 2 is 2.04 bits per heavy atom. The summed E-state index contributed by atoms with van der Waals surface area (Å²) in [6, 6.07) is 10.1. The van der Waals surface area contributed by atoms with Crippen molar-refractivity contribution in [3.05, 3.63) is 46.5 Å². The summed E-state index contributed by atoms with van der Waals surface area (Å²) < 4.78 is 0. The predicted molar refractivity (Wildman–Crippen MR) is 107 cm³/mol. The number of aliphatic hydroxyl groups is 1. The number of hydrogen-bond donors (Lipinski definition) is 2. The number of aliphatic carboxylic acids is 1. The second-order valence-electron chi connectivity index (χ2n) is 8.02. The van der Waals surface area contributed by atoms with E-state index in [0.29, 0.717) is 5.25 Å². The van der Waals surface area contributed by atoms with Crippen LogP contribution in [-0.4, -0.2) is 62.4 Å². The number of rotatable bonds is 6. The zero-order valence-corrected chi connectivity index (χ0v) is 16.9. The van der Waals surface area contributed by atoms with Gasteiger partial charge in [-0.05, 0) is 25.5 Å². The molecule has 3 heterocycles. The topological polar surface area (TPSA) is 81.1 Å². The minimum atomic E-state index is -1.05. The van der Waals surface area contributed by atoms with E-state index in [1.165, 1.54) is 10.5 Å². The smallest absolute Gasteiger partial charge is 0.353 e. The van der Waals surface area contributed by atoms with Crippen LogP contribution in [0.25, 0.3) is 0 Å². The molecule has 0 aromatic heterocycles. The number of carbonyl (C=O) groups excluding carboxylic acids is 1. The summed E-state index contributed by atoms with van der Waals surface area (Å²) in [5.41, 5.74) is 1.41. The summed E-state index contributed by atoms with van der Waals surface area (Å²) in [5, 5.41) is 20.0. The number of benzene rings is 1. The van der Waals surface area contributed by atoms with E-state index in [1.807, 2.05) is 25.1 Å². The van der Waals surface area contributed by atoms with Gasteiger partial charge in [-0.25, -0.2) is 4.79 Å². The highest BCUT2D eigenvalue weighted by Crippen LogP contribution is 2.51. The maximum atomic E-state index is 12.4. The second kappa shape index (κ2) is 7.54. The molecular formula is C21H26N2O4S. The van der Waals surface area contributed by atoms with Crippen molar-refractivity contribution in [2.45, 2.75) is 44.2 Å². The summed E-state index contributed by atoms with van der Waals surface area (Å²) in [4.78, 5) is 28.9. The molecule has 3 aliphatic heterocycles. The van der Waals surface area contributed by atoms with E-state index in [2.05, 4.69) is 17.0 Å². The van der Waals surface area contributed by atoms with Gasteiger partial charge in [-0.3, -0.25) is 9.69 Å². The van der Waals surface area contributed by atoms with Crippen molar-refractivity contribution in [1.82, 2.24) is 9.80 Å². The highest BCUT2D eigenvalue weighted by Gasteiger charge is 2.60. The number of likely N-dealkylation sites (tertiary alicyclic amines) is 1. The molecule has 2 N–H and O–H groups in total. The van der Waals surface area contributed by atoms with Crippen LogP contribution in [0.4, 0.5) is 0 Å². The van der Waals surface area contributed by atoms with Gasteiger partial charge < -0.3 is 15.1 Å². The molecule has 4 rings (SSSR count). The molecule has 7 heteroatoms. The lowest BCUT2D eigenvalue weighted by atomic mass is 9.79. The summed E-state index contributed by atoms with van der Waals surface area (Å²) in [7, 11) is 0. The fraction of sp³-hybridized carbons (Fsp3) is 0.524. The number of amides is 1. The zero-order chi connectivity index (χ0) is 20.0. The average molecular weight is 403 g/mol. The van der Waals surface area contributed by atoms with E-state index in [-0.39, 0.29) is 23.6 Å². The molecular weight excluding hydrogens is 376 g/mol. The Bertz CT molecular complexity index is 810. The number of fused-ring (bicyclic) bond motifs is 1. The number of carboxylic acid groups (broad SMARTS) is 1. The first-order valence-electron chi connectivity index (χ1n) is 9.80. The van der Waals surface area contributed by atoms with Gasteiger partial charge in [0, 0.05) is 29.2 Å². The summed E-state index contributed by atoms with van der Waals surface area (Å²) >= 11 is 1.62. The van der Waals surface area contributed by atoms with Crippen molar-refractivity contribution in [3.8, 4) is 0 Å². The molecule has 0 unspecified atom stereocenters. The number of aliphatic hydroxyl groups excluding tert-OH is 1. The number of nitrogens with zero attached hydrogens (tertiary/aromatic N) is 2. The van der Waals surface area contributed by atoms with Crippen LogP contribution in [0.3, 0.4) is 0 Å². The van der Waals surface area contributed by atoms with E-state index in [9.17, 15) is 19.8 Å².